The van der Waals surface area contributed by atoms with Crippen molar-refractivity contribution in [2.75, 3.05) is 26.2 Å². The monoisotopic (exact) mass is 143 g/mol. The maximum atomic E-state index is 10.1. The molecule has 0 aromatic heterocycles. The lowest BCUT2D eigenvalue weighted by Gasteiger charge is -2.23. The van der Waals surface area contributed by atoms with Gasteiger partial charge in [0.25, 0.3) is 0 Å². The topological polar surface area (TPSA) is 44.0 Å². The van der Waals surface area contributed by atoms with E-state index in [9.17, 15) is 5.11 Å². The van der Waals surface area contributed by atoms with Crippen molar-refractivity contribution in [1.82, 2.24) is 10.6 Å². The molecule has 1 unspecified atom stereocenters. The molecule has 0 saturated carbocycles. The minimum Gasteiger partial charge on any atom is -0.314 e. The molecule has 59 valence electrons. The van der Waals surface area contributed by atoms with Crippen molar-refractivity contribution in [3.8, 4) is 0 Å². The number of hydrogen-bond acceptors (Lipinski definition) is 2. The van der Waals surface area contributed by atoms with Crippen molar-refractivity contribution < 1.29 is 5.11 Å². The molecular formula is C7H15N2O. The second-order valence-electron chi connectivity index (χ2n) is 2.70. The third-order valence-corrected chi connectivity index (χ3v) is 1.82. The first-order valence-corrected chi connectivity index (χ1v) is 3.95. The SMILES string of the molecule is [O]CCCC1CNCCN1. The summed E-state index contributed by atoms with van der Waals surface area (Å²) in [6, 6.07) is 0.544. The third kappa shape index (κ3) is 2.64. The molecule has 1 rings (SSSR count). The van der Waals surface area contributed by atoms with Crippen LogP contribution in [0, 0.1) is 0 Å². The predicted octanol–water partition coefficient (Wildman–Crippen LogP) is -0.241. The molecule has 0 amide bonds. The first kappa shape index (κ1) is 7.98. The molecule has 1 heterocycles. The molecule has 0 aliphatic carbocycles. The lowest BCUT2D eigenvalue weighted by atomic mass is 10.1. The van der Waals surface area contributed by atoms with Crippen molar-refractivity contribution in [2.24, 2.45) is 0 Å². The lowest BCUT2D eigenvalue weighted by Crippen LogP contribution is -2.48. The number of nitrogens with one attached hydrogen (secondary N) is 2. The summed E-state index contributed by atoms with van der Waals surface area (Å²) in [7, 11) is 0. The van der Waals surface area contributed by atoms with Gasteiger partial charge in [0, 0.05) is 25.7 Å². The fourth-order valence-electron chi connectivity index (χ4n) is 1.25. The van der Waals surface area contributed by atoms with Gasteiger partial charge in [0.15, 0.2) is 0 Å². The smallest absolute Gasteiger partial charge is 0.0822 e. The first-order valence-electron chi connectivity index (χ1n) is 3.95. The molecule has 1 aliphatic heterocycles. The number of hydrogen-bond donors (Lipinski definition) is 2. The van der Waals surface area contributed by atoms with Crippen LogP contribution in [0.4, 0.5) is 0 Å². The van der Waals surface area contributed by atoms with E-state index in [0.717, 1.165) is 32.5 Å². The van der Waals surface area contributed by atoms with E-state index in [2.05, 4.69) is 10.6 Å². The Morgan fingerprint density at radius 3 is 2.90 bits per heavy atom. The Hall–Kier alpha value is -0.120. The highest BCUT2D eigenvalue weighted by atomic mass is 16.2. The Balaban J connectivity index is 2.02. The van der Waals surface area contributed by atoms with Crippen LogP contribution in [-0.2, 0) is 5.11 Å². The van der Waals surface area contributed by atoms with Gasteiger partial charge in [-0.15, -0.1) is 0 Å². The molecular weight excluding hydrogens is 128 g/mol. The molecule has 3 nitrogen and oxygen atoms in total. The van der Waals surface area contributed by atoms with Crippen molar-refractivity contribution in [3.05, 3.63) is 0 Å². The summed E-state index contributed by atoms with van der Waals surface area (Å²) in [4.78, 5) is 0. The summed E-state index contributed by atoms with van der Waals surface area (Å²) < 4.78 is 0. The van der Waals surface area contributed by atoms with Gasteiger partial charge in [-0.25, -0.2) is 5.11 Å². The highest BCUT2D eigenvalue weighted by Gasteiger charge is 2.10. The fourth-order valence-corrected chi connectivity index (χ4v) is 1.25. The van der Waals surface area contributed by atoms with E-state index in [4.69, 9.17) is 0 Å². The molecule has 1 fully saturated rings. The Labute approximate surface area is 61.8 Å². The Morgan fingerprint density at radius 1 is 1.40 bits per heavy atom. The maximum Gasteiger partial charge on any atom is 0.0822 e. The largest absolute Gasteiger partial charge is 0.314 e. The van der Waals surface area contributed by atoms with Gasteiger partial charge in [-0.2, -0.15) is 0 Å². The zero-order valence-electron chi connectivity index (χ0n) is 6.23. The van der Waals surface area contributed by atoms with Crippen LogP contribution in [0.25, 0.3) is 0 Å². The third-order valence-electron chi connectivity index (χ3n) is 1.82. The van der Waals surface area contributed by atoms with Crippen molar-refractivity contribution >= 4 is 0 Å². The molecule has 1 radical (unpaired) electrons. The average Bonchev–Trinajstić information content (AvgIpc) is 2.03. The lowest BCUT2D eigenvalue weighted by molar-refractivity contribution is 0.181. The van der Waals surface area contributed by atoms with Crippen LogP contribution in [0.1, 0.15) is 12.8 Å². The molecule has 1 atom stereocenters. The molecule has 1 saturated heterocycles. The first-order chi connectivity index (χ1) is 4.93. The normalized spacial score (nSPS) is 26.7. The van der Waals surface area contributed by atoms with Crippen molar-refractivity contribution in [2.45, 2.75) is 18.9 Å². The number of piperazine rings is 1. The summed E-state index contributed by atoms with van der Waals surface area (Å²) in [6.45, 7) is 3.20. The average molecular weight is 143 g/mol. The van der Waals surface area contributed by atoms with Crippen LogP contribution in [-0.4, -0.2) is 32.3 Å². The standard InChI is InChI=1S/C7H15N2O/c10-5-1-2-7-6-8-3-4-9-7/h7-9H,1-6H2. The summed E-state index contributed by atoms with van der Waals surface area (Å²) in [5, 5.41) is 16.8. The summed E-state index contributed by atoms with van der Waals surface area (Å²) in [6.07, 6.45) is 1.83. The fraction of sp³-hybridized carbons (Fsp3) is 1.00. The Kier molecular flexibility index (Phi) is 3.72. The zero-order chi connectivity index (χ0) is 7.23. The van der Waals surface area contributed by atoms with Gasteiger partial charge in [-0.3, -0.25) is 0 Å². The molecule has 3 heteroatoms. The van der Waals surface area contributed by atoms with Crippen LogP contribution < -0.4 is 10.6 Å². The van der Waals surface area contributed by atoms with E-state index in [1.54, 1.807) is 0 Å². The quantitative estimate of drug-likeness (QED) is 0.572. The van der Waals surface area contributed by atoms with E-state index in [1.807, 2.05) is 0 Å². The zero-order valence-corrected chi connectivity index (χ0v) is 6.23. The van der Waals surface area contributed by atoms with Crippen molar-refractivity contribution in [3.63, 3.8) is 0 Å². The van der Waals surface area contributed by atoms with Gasteiger partial charge in [-0.05, 0) is 12.8 Å². The van der Waals surface area contributed by atoms with E-state index in [0.29, 0.717) is 6.04 Å². The van der Waals surface area contributed by atoms with Crippen LogP contribution in [0.3, 0.4) is 0 Å². The summed E-state index contributed by atoms with van der Waals surface area (Å²) in [5.74, 6) is 0. The van der Waals surface area contributed by atoms with Gasteiger partial charge in [0.2, 0.25) is 0 Å². The van der Waals surface area contributed by atoms with E-state index < -0.39 is 0 Å². The van der Waals surface area contributed by atoms with Gasteiger partial charge in [0.05, 0.1) is 6.61 Å². The summed E-state index contributed by atoms with van der Waals surface area (Å²) in [5.41, 5.74) is 0. The van der Waals surface area contributed by atoms with Crippen LogP contribution >= 0.6 is 0 Å². The molecule has 0 spiro atoms. The molecule has 1 aliphatic rings. The van der Waals surface area contributed by atoms with Gasteiger partial charge < -0.3 is 10.6 Å². The summed E-state index contributed by atoms with van der Waals surface area (Å²) >= 11 is 0. The van der Waals surface area contributed by atoms with Crippen LogP contribution in [0.2, 0.25) is 0 Å². The molecule has 10 heavy (non-hydrogen) atoms. The van der Waals surface area contributed by atoms with Crippen molar-refractivity contribution in [1.29, 1.82) is 0 Å². The minimum absolute atomic E-state index is 0.0676. The maximum absolute atomic E-state index is 10.1. The van der Waals surface area contributed by atoms with Gasteiger partial charge >= 0.3 is 0 Å². The molecule has 0 aromatic carbocycles. The van der Waals surface area contributed by atoms with E-state index in [1.165, 1.54) is 0 Å². The van der Waals surface area contributed by atoms with Gasteiger partial charge in [-0.1, -0.05) is 0 Å². The Bertz CT molecular complexity index is 81.7. The molecule has 0 bridgehead atoms. The predicted molar refractivity (Wildman–Crippen MR) is 39.4 cm³/mol. The van der Waals surface area contributed by atoms with Crippen LogP contribution in [0.15, 0.2) is 0 Å². The van der Waals surface area contributed by atoms with Gasteiger partial charge in [0.1, 0.15) is 0 Å². The van der Waals surface area contributed by atoms with E-state index >= 15 is 0 Å². The van der Waals surface area contributed by atoms with Crippen LogP contribution in [0.5, 0.6) is 0 Å². The Morgan fingerprint density at radius 2 is 2.30 bits per heavy atom. The highest BCUT2D eigenvalue weighted by Crippen LogP contribution is 1.97. The second-order valence-corrected chi connectivity index (χ2v) is 2.70. The molecule has 2 N–H and O–H groups in total. The molecule has 0 aromatic rings. The van der Waals surface area contributed by atoms with E-state index in [-0.39, 0.29) is 6.61 Å². The number of rotatable bonds is 3. The second kappa shape index (κ2) is 4.66. The minimum atomic E-state index is 0.0676. The highest BCUT2D eigenvalue weighted by molar-refractivity contribution is 4.74.